The highest BCUT2D eigenvalue weighted by molar-refractivity contribution is 5.88. The minimum absolute atomic E-state index is 0.00865. The van der Waals surface area contributed by atoms with E-state index in [2.05, 4.69) is 18.5 Å². The number of benzene rings is 1. The van der Waals surface area contributed by atoms with E-state index in [-0.39, 0.29) is 30.5 Å². The number of alkyl carbamates (subject to hydrolysis) is 1. The van der Waals surface area contributed by atoms with Crippen molar-refractivity contribution < 1.29 is 14.3 Å². The van der Waals surface area contributed by atoms with Gasteiger partial charge in [0.1, 0.15) is 6.61 Å². The molecule has 2 amide bonds. The highest BCUT2D eigenvalue weighted by atomic mass is 16.5. The lowest BCUT2D eigenvalue weighted by molar-refractivity contribution is -0.153. The number of rotatable bonds is 7. The zero-order valence-corrected chi connectivity index (χ0v) is 13.3. The minimum Gasteiger partial charge on any atom is -0.445 e. The first-order chi connectivity index (χ1) is 11.1. The highest BCUT2D eigenvalue weighted by Crippen LogP contribution is 2.30. The predicted octanol–water partition coefficient (Wildman–Crippen LogP) is 2.50. The topological polar surface area (TPSA) is 58.6 Å². The number of likely N-dealkylation sites (tertiary alicyclic amines) is 1. The van der Waals surface area contributed by atoms with Crippen molar-refractivity contribution in [3.63, 3.8) is 0 Å². The van der Waals surface area contributed by atoms with Crippen LogP contribution in [0.3, 0.4) is 0 Å². The lowest BCUT2D eigenvalue weighted by Gasteiger charge is -2.47. The van der Waals surface area contributed by atoms with E-state index >= 15 is 0 Å². The third-order valence-corrected chi connectivity index (χ3v) is 3.96. The van der Waals surface area contributed by atoms with Gasteiger partial charge in [0.2, 0.25) is 5.91 Å². The Morgan fingerprint density at radius 2 is 2.09 bits per heavy atom. The summed E-state index contributed by atoms with van der Waals surface area (Å²) in [6, 6.07) is 9.02. The lowest BCUT2D eigenvalue weighted by atomic mass is 9.82. The van der Waals surface area contributed by atoms with Gasteiger partial charge >= 0.3 is 6.09 Å². The molecule has 0 unspecified atom stereocenters. The van der Waals surface area contributed by atoms with Gasteiger partial charge in [-0.3, -0.25) is 4.79 Å². The summed E-state index contributed by atoms with van der Waals surface area (Å²) in [4.78, 5) is 25.7. The Labute approximate surface area is 136 Å². The van der Waals surface area contributed by atoms with Gasteiger partial charge in [-0.25, -0.2) is 4.79 Å². The molecule has 1 aromatic carbocycles. The van der Waals surface area contributed by atoms with Crippen LogP contribution in [-0.4, -0.2) is 35.5 Å². The molecule has 1 saturated heterocycles. The Hall–Kier alpha value is -2.56. The van der Waals surface area contributed by atoms with Crippen molar-refractivity contribution in [2.75, 3.05) is 6.54 Å². The molecule has 1 aliphatic heterocycles. The van der Waals surface area contributed by atoms with Crippen molar-refractivity contribution in [3.8, 4) is 0 Å². The summed E-state index contributed by atoms with van der Waals surface area (Å²) >= 11 is 0. The molecule has 0 aromatic heterocycles. The summed E-state index contributed by atoms with van der Waals surface area (Å²) in [6.07, 6.45) is 2.87. The van der Waals surface area contributed by atoms with Crippen LogP contribution in [0.15, 0.2) is 55.6 Å². The molecule has 0 bridgehead atoms. The van der Waals surface area contributed by atoms with Gasteiger partial charge in [0.05, 0.1) is 12.0 Å². The quantitative estimate of drug-likeness (QED) is 0.621. The van der Waals surface area contributed by atoms with Gasteiger partial charge in [-0.05, 0) is 12.5 Å². The van der Waals surface area contributed by atoms with Crippen molar-refractivity contribution in [2.24, 2.45) is 5.92 Å². The van der Waals surface area contributed by atoms with Crippen LogP contribution in [0.25, 0.3) is 0 Å². The van der Waals surface area contributed by atoms with E-state index in [0.717, 1.165) is 5.56 Å². The number of carbonyl (C=O) groups is 2. The van der Waals surface area contributed by atoms with Crippen LogP contribution in [0, 0.1) is 5.92 Å². The van der Waals surface area contributed by atoms with E-state index in [4.69, 9.17) is 4.74 Å². The molecule has 2 rings (SSSR count). The van der Waals surface area contributed by atoms with E-state index in [1.165, 1.54) is 0 Å². The van der Waals surface area contributed by atoms with Gasteiger partial charge in [-0.2, -0.15) is 0 Å². The SMILES string of the molecule is C=CCN1C(=O)[C@@H]([C@H](C)NC(=O)OCc2ccccc2)[C@@H]1C=C. The van der Waals surface area contributed by atoms with Crippen molar-refractivity contribution in [3.05, 3.63) is 61.2 Å². The molecule has 1 aromatic rings. The molecule has 3 atom stereocenters. The third kappa shape index (κ3) is 3.80. The van der Waals surface area contributed by atoms with Crippen LogP contribution in [-0.2, 0) is 16.1 Å². The number of hydrogen-bond acceptors (Lipinski definition) is 3. The fourth-order valence-corrected chi connectivity index (χ4v) is 2.77. The van der Waals surface area contributed by atoms with Crippen LogP contribution >= 0.6 is 0 Å². The minimum atomic E-state index is -0.529. The van der Waals surface area contributed by atoms with Gasteiger partial charge in [0.25, 0.3) is 0 Å². The Kier molecular flexibility index (Phi) is 5.57. The second-order valence-electron chi connectivity index (χ2n) is 5.53. The molecule has 0 radical (unpaired) electrons. The maximum Gasteiger partial charge on any atom is 0.407 e. The summed E-state index contributed by atoms with van der Waals surface area (Å²) in [5.74, 6) is -0.317. The van der Waals surface area contributed by atoms with Crippen LogP contribution in [0.5, 0.6) is 0 Å². The standard InChI is InChI=1S/C18H22N2O3/c1-4-11-20-15(5-2)16(17(20)21)13(3)19-18(22)23-12-14-9-7-6-8-10-14/h4-10,13,15-16H,1-2,11-12H2,3H3,(H,19,22)/t13-,15-,16-/m0/s1. The van der Waals surface area contributed by atoms with Crippen molar-refractivity contribution in [2.45, 2.75) is 25.6 Å². The van der Waals surface area contributed by atoms with Crippen molar-refractivity contribution in [1.82, 2.24) is 10.2 Å². The second-order valence-corrected chi connectivity index (χ2v) is 5.53. The van der Waals surface area contributed by atoms with Crippen LogP contribution in [0.1, 0.15) is 12.5 Å². The molecule has 1 aliphatic rings. The Morgan fingerprint density at radius 3 is 2.70 bits per heavy atom. The van der Waals surface area contributed by atoms with Gasteiger partial charge in [-0.1, -0.05) is 42.5 Å². The van der Waals surface area contributed by atoms with Gasteiger partial charge < -0.3 is 15.0 Å². The zero-order valence-electron chi connectivity index (χ0n) is 13.3. The normalized spacial score (nSPS) is 21.1. The van der Waals surface area contributed by atoms with Gasteiger partial charge in [-0.15, -0.1) is 13.2 Å². The molecule has 1 heterocycles. The number of nitrogens with one attached hydrogen (secondary N) is 1. The maximum atomic E-state index is 12.2. The number of hydrogen-bond donors (Lipinski definition) is 1. The first-order valence-electron chi connectivity index (χ1n) is 7.59. The molecule has 1 N–H and O–H groups in total. The average Bonchev–Trinajstić information content (AvgIpc) is 2.56. The Balaban J connectivity index is 1.85. The second kappa shape index (κ2) is 7.63. The molecule has 5 heteroatoms. The van der Waals surface area contributed by atoms with Gasteiger partial charge in [0.15, 0.2) is 0 Å². The molecule has 0 saturated carbocycles. The van der Waals surface area contributed by atoms with Crippen LogP contribution in [0.2, 0.25) is 0 Å². The highest BCUT2D eigenvalue weighted by Gasteiger charge is 2.48. The van der Waals surface area contributed by atoms with Crippen molar-refractivity contribution >= 4 is 12.0 Å². The summed E-state index contributed by atoms with van der Waals surface area (Å²) in [7, 11) is 0. The monoisotopic (exact) mass is 314 g/mol. The summed E-state index contributed by atoms with van der Waals surface area (Å²) < 4.78 is 5.18. The molecule has 0 spiro atoms. The summed E-state index contributed by atoms with van der Waals surface area (Å²) in [5, 5.41) is 2.73. The number of nitrogens with zero attached hydrogens (tertiary/aromatic N) is 1. The van der Waals surface area contributed by atoms with E-state index in [1.807, 2.05) is 30.3 Å². The van der Waals surface area contributed by atoms with E-state index in [0.29, 0.717) is 6.54 Å². The Bertz CT molecular complexity index is 585. The summed E-state index contributed by atoms with van der Waals surface area (Å²) in [6.45, 7) is 9.89. The Morgan fingerprint density at radius 1 is 1.39 bits per heavy atom. The first kappa shape index (κ1) is 16.8. The molecular formula is C18H22N2O3. The molecule has 0 aliphatic carbocycles. The fourth-order valence-electron chi connectivity index (χ4n) is 2.77. The largest absolute Gasteiger partial charge is 0.445 e. The smallest absolute Gasteiger partial charge is 0.407 e. The molecule has 1 fully saturated rings. The molecule has 122 valence electrons. The molecule has 23 heavy (non-hydrogen) atoms. The molecule has 5 nitrogen and oxygen atoms in total. The fraction of sp³-hybridized carbons (Fsp3) is 0.333. The first-order valence-corrected chi connectivity index (χ1v) is 7.59. The number of carbonyl (C=O) groups excluding carboxylic acids is 2. The number of amides is 2. The van der Waals surface area contributed by atoms with Crippen molar-refractivity contribution in [1.29, 1.82) is 0 Å². The third-order valence-electron chi connectivity index (χ3n) is 3.96. The predicted molar refractivity (Wildman–Crippen MR) is 88.6 cm³/mol. The van der Waals surface area contributed by atoms with Crippen LogP contribution in [0.4, 0.5) is 4.79 Å². The van der Waals surface area contributed by atoms with E-state index < -0.39 is 6.09 Å². The van der Waals surface area contributed by atoms with Gasteiger partial charge in [0, 0.05) is 12.6 Å². The van der Waals surface area contributed by atoms with Crippen LogP contribution < -0.4 is 5.32 Å². The lowest BCUT2D eigenvalue weighted by Crippen LogP contribution is -2.65. The zero-order chi connectivity index (χ0) is 16.8. The number of ether oxygens (including phenoxy) is 1. The molecular weight excluding hydrogens is 292 g/mol. The van der Waals surface area contributed by atoms with E-state index in [1.54, 1.807) is 24.0 Å². The van der Waals surface area contributed by atoms with E-state index in [9.17, 15) is 9.59 Å². The number of β-lactam (4-membered cyclic amide) rings is 1. The average molecular weight is 314 g/mol. The summed E-state index contributed by atoms with van der Waals surface area (Å²) in [5.41, 5.74) is 0.913. The maximum absolute atomic E-state index is 12.2.